The van der Waals surface area contributed by atoms with Gasteiger partial charge in [-0.15, -0.1) is 0 Å². The first-order valence-corrected chi connectivity index (χ1v) is 7.93. The molecule has 0 aromatic carbocycles. The van der Waals surface area contributed by atoms with Crippen LogP contribution in [0.15, 0.2) is 12.4 Å². The summed E-state index contributed by atoms with van der Waals surface area (Å²) in [4.78, 5) is 20.4. The Morgan fingerprint density at radius 1 is 1.42 bits per heavy atom. The van der Waals surface area contributed by atoms with Crippen LogP contribution in [0.5, 0.6) is 0 Å². The number of amides is 1. The molecule has 2 N–H and O–H groups in total. The number of thioether (sulfide) groups is 1. The fourth-order valence-electron chi connectivity index (χ4n) is 2.33. The highest BCUT2D eigenvalue weighted by molar-refractivity contribution is 7.99. The monoisotopic (exact) mass is 280 g/mol. The van der Waals surface area contributed by atoms with Crippen molar-refractivity contribution in [2.24, 2.45) is 0 Å². The summed E-state index contributed by atoms with van der Waals surface area (Å²) in [5, 5.41) is 6.65. The molecule has 1 fully saturated rings. The minimum atomic E-state index is -0.124. The zero-order valence-electron chi connectivity index (χ0n) is 11.3. The van der Waals surface area contributed by atoms with E-state index in [1.165, 1.54) is 19.0 Å². The number of carbonyl (C=O) groups excluding carboxylic acids is 1. The summed E-state index contributed by atoms with van der Waals surface area (Å²) in [7, 11) is 0. The third-order valence-electron chi connectivity index (χ3n) is 3.31. The topological polar surface area (TPSA) is 66.9 Å². The summed E-state index contributed by atoms with van der Waals surface area (Å²) >= 11 is 1.83. The number of anilines is 1. The molecule has 0 bridgehead atoms. The number of rotatable bonds is 5. The van der Waals surface area contributed by atoms with E-state index in [1.807, 2.05) is 18.7 Å². The molecule has 1 saturated carbocycles. The zero-order chi connectivity index (χ0) is 13.7. The van der Waals surface area contributed by atoms with E-state index in [9.17, 15) is 4.79 Å². The van der Waals surface area contributed by atoms with Gasteiger partial charge in [0.2, 0.25) is 0 Å². The molecule has 2 unspecified atom stereocenters. The maximum atomic E-state index is 12.1. The van der Waals surface area contributed by atoms with Gasteiger partial charge in [0.05, 0.1) is 12.4 Å². The number of hydrogen-bond donors (Lipinski definition) is 2. The number of hydrogen-bond acceptors (Lipinski definition) is 5. The maximum absolute atomic E-state index is 12.1. The molecule has 0 saturated heterocycles. The smallest absolute Gasteiger partial charge is 0.271 e. The van der Waals surface area contributed by atoms with Gasteiger partial charge in [-0.25, -0.2) is 9.97 Å². The Kier molecular flexibility index (Phi) is 5.01. The highest BCUT2D eigenvalue weighted by Crippen LogP contribution is 2.28. The van der Waals surface area contributed by atoms with Gasteiger partial charge in [0, 0.05) is 17.8 Å². The standard InChI is InChI=1S/C13H20N4OS/c1-3-14-12-8-15-10(7-16-12)13(18)17-9-5-4-6-11(9)19-2/h7-9,11H,3-6H2,1-2H3,(H,14,16)(H,17,18). The lowest BCUT2D eigenvalue weighted by molar-refractivity contribution is 0.0933. The SMILES string of the molecule is CCNc1cnc(C(=O)NC2CCCC2SC)cn1. The molecule has 1 amide bonds. The Bertz CT molecular complexity index is 423. The number of nitrogens with one attached hydrogen (secondary N) is 2. The molecular weight excluding hydrogens is 260 g/mol. The second-order valence-corrected chi connectivity index (χ2v) is 5.68. The molecule has 104 valence electrons. The molecule has 0 aliphatic heterocycles. The minimum Gasteiger partial charge on any atom is -0.369 e. The van der Waals surface area contributed by atoms with E-state index in [4.69, 9.17) is 0 Å². The van der Waals surface area contributed by atoms with E-state index >= 15 is 0 Å². The second-order valence-electron chi connectivity index (χ2n) is 4.60. The quantitative estimate of drug-likeness (QED) is 0.862. The van der Waals surface area contributed by atoms with Crippen LogP contribution in [0.2, 0.25) is 0 Å². The van der Waals surface area contributed by atoms with Crippen molar-refractivity contribution in [1.29, 1.82) is 0 Å². The molecule has 0 spiro atoms. The van der Waals surface area contributed by atoms with Crippen molar-refractivity contribution in [2.45, 2.75) is 37.5 Å². The van der Waals surface area contributed by atoms with Crippen LogP contribution in [0.3, 0.4) is 0 Å². The van der Waals surface area contributed by atoms with Crippen molar-refractivity contribution in [3.63, 3.8) is 0 Å². The summed E-state index contributed by atoms with van der Waals surface area (Å²) in [6.07, 6.45) is 8.63. The molecular formula is C13H20N4OS. The van der Waals surface area contributed by atoms with E-state index in [0.29, 0.717) is 16.8 Å². The third-order valence-corrected chi connectivity index (χ3v) is 4.48. The van der Waals surface area contributed by atoms with Crippen molar-refractivity contribution in [3.05, 3.63) is 18.1 Å². The number of carbonyl (C=O) groups is 1. The predicted molar refractivity (Wildman–Crippen MR) is 78.6 cm³/mol. The molecule has 1 aromatic rings. The van der Waals surface area contributed by atoms with Crippen molar-refractivity contribution in [3.8, 4) is 0 Å². The Labute approximate surface area is 118 Å². The Hall–Kier alpha value is -1.30. The lowest BCUT2D eigenvalue weighted by Crippen LogP contribution is -2.39. The lowest BCUT2D eigenvalue weighted by atomic mass is 10.2. The first-order chi connectivity index (χ1) is 9.24. The van der Waals surface area contributed by atoms with Gasteiger partial charge < -0.3 is 10.6 Å². The number of nitrogens with zero attached hydrogens (tertiary/aromatic N) is 2. The van der Waals surface area contributed by atoms with Crippen molar-refractivity contribution < 1.29 is 4.79 Å². The van der Waals surface area contributed by atoms with Crippen LogP contribution >= 0.6 is 11.8 Å². The summed E-state index contributed by atoms with van der Waals surface area (Å²) in [5.74, 6) is 0.573. The Morgan fingerprint density at radius 2 is 2.26 bits per heavy atom. The highest BCUT2D eigenvalue weighted by atomic mass is 32.2. The first-order valence-electron chi connectivity index (χ1n) is 6.64. The van der Waals surface area contributed by atoms with Crippen molar-refractivity contribution in [1.82, 2.24) is 15.3 Å². The molecule has 2 rings (SSSR count). The summed E-state index contributed by atoms with van der Waals surface area (Å²) < 4.78 is 0. The molecule has 6 heteroatoms. The van der Waals surface area contributed by atoms with E-state index < -0.39 is 0 Å². The fourth-order valence-corrected chi connectivity index (χ4v) is 3.27. The van der Waals surface area contributed by atoms with Crippen LogP contribution in [0, 0.1) is 0 Å². The highest BCUT2D eigenvalue weighted by Gasteiger charge is 2.28. The van der Waals surface area contributed by atoms with Crippen molar-refractivity contribution in [2.75, 3.05) is 18.1 Å². The normalized spacial score (nSPS) is 22.2. The molecule has 2 atom stereocenters. The molecule has 19 heavy (non-hydrogen) atoms. The van der Waals surface area contributed by atoms with Gasteiger partial charge in [-0.1, -0.05) is 6.42 Å². The van der Waals surface area contributed by atoms with E-state index in [1.54, 1.807) is 6.20 Å². The average molecular weight is 280 g/mol. The van der Waals surface area contributed by atoms with Gasteiger partial charge in [-0.2, -0.15) is 11.8 Å². The largest absolute Gasteiger partial charge is 0.369 e. The van der Waals surface area contributed by atoms with Crippen LogP contribution < -0.4 is 10.6 Å². The van der Waals surface area contributed by atoms with Gasteiger partial charge in [-0.05, 0) is 26.0 Å². The average Bonchev–Trinajstić information content (AvgIpc) is 2.87. The van der Waals surface area contributed by atoms with Crippen LogP contribution in [0.25, 0.3) is 0 Å². The Balaban J connectivity index is 1.95. The molecule has 1 aliphatic rings. The summed E-state index contributed by atoms with van der Waals surface area (Å²) in [5.41, 5.74) is 0.383. The molecule has 5 nitrogen and oxygen atoms in total. The van der Waals surface area contributed by atoms with E-state index in [2.05, 4.69) is 26.9 Å². The van der Waals surface area contributed by atoms with Crippen LogP contribution in [-0.4, -0.2) is 40.0 Å². The minimum absolute atomic E-state index is 0.124. The van der Waals surface area contributed by atoms with Crippen molar-refractivity contribution >= 4 is 23.5 Å². The predicted octanol–water partition coefficient (Wildman–Crippen LogP) is 1.92. The van der Waals surface area contributed by atoms with Crippen LogP contribution in [0.4, 0.5) is 5.82 Å². The lowest BCUT2D eigenvalue weighted by Gasteiger charge is -2.18. The van der Waals surface area contributed by atoms with Gasteiger partial charge >= 0.3 is 0 Å². The Morgan fingerprint density at radius 3 is 2.89 bits per heavy atom. The van der Waals surface area contributed by atoms with Gasteiger partial charge in [0.15, 0.2) is 0 Å². The molecule has 1 aromatic heterocycles. The van der Waals surface area contributed by atoms with Crippen LogP contribution in [-0.2, 0) is 0 Å². The molecule has 1 aliphatic carbocycles. The van der Waals surface area contributed by atoms with Gasteiger partial charge in [0.1, 0.15) is 11.5 Å². The van der Waals surface area contributed by atoms with Gasteiger partial charge in [0.25, 0.3) is 5.91 Å². The maximum Gasteiger partial charge on any atom is 0.271 e. The first kappa shape index (κ1) is 14.1. The third kappa shape index (κ3) is 3.59. The zero-order valence-corrected chi connectivity index (χ0v) is 12.2. The summed E-state index contributed by atoms with van der Waals surface area (Å²) in [6.45, 7) is 2.78. The van der Waals surface area contributed by atoms with Gasteiger partial charge in [-0.3, -0.25) is 4.79 Å². The number of aromatic nitrogens is 2. The fraction of sp³-hybridized carbons (Fsp3) is 0.615. The van der Waals surface area contributed by atoms with Crippen LogP contribution in [0.1, 0.15) is 36.7 Å². The summed E-state index contributed by atoms with van der Waals surface area (Å²) in [6, 6.07) is 0.262. The van der Waals surface area contributed by atoms with E-state index in [0.717, 1.165) is 13.0 Å². The molecule has 1 heterocycles. The second kappa shape index (κ2) is 6.75. The van der Waals surface area contributed by atoms with E-state index in [-0.39, 0.29) is 11.9 Å². The molecule has 0 radical (unpaired) electrons.